The summed E-state index contributed by atoms with van der Waals surface area (Å²) in [7, 11) is 0. The van der Waals surface area contributed by atoms with Gasteiger partial charge < -0.3 is 94.1 Å². The number of aliphatic hydroxyl groups excluding tert-OH is 10. The predicted molar refractivity (Wildman–Crippen MR) is 234 cm³/mol. The van der Waals surface area contributed by atoms with Crippen LogP contribution in [-0.4, -0.2) is 204 Å². The van der Waals surface area contributed by atoms with Gasteiger partial charge in [-0.1, -0.05) is 31.1 Å². The number of allylic oxidation sites excluding steroid dienone is 1. The summed E-state index contributed by atoms with van der Waals surface area (Å²) in [6.45, 7) is 8.74. The van der Waals surface area contributed by atoms with Crippen molar-refractivity contribution in [2.24, 2.45) is 34.5 Å². The third-order valence-corrected chi connectivity index (χ3v) is 17.9. The maximum atomic E-state index is 13.0. The van der Waals surface area contributed by atoms with Gasteiger partial charge in [0.25, 0.3) is 0 Å². The topological polar surface area (TPSA) is 331 Å². The van der Waals surface area contributed by atoms with E-state index in [1.165, 1.54) is 6.92 Å². The molecule has 0 amide bonds. The van der Waals surface area contributed by atoms with Gasteiger partial charge in [-0.3, -0.25) is 4.79 Å². The highest BCUT2D eigenvalue weighted by Crippen LogP contribution is 2.68. The smallest absolute Gasteiger partial charge is 0.334 e. The minimum Gasteiger partial charge on any atom is -0.462 e. The van der Waals surface area contributed by atoms with Gasteiger partial charge in [0.15, 0.2) is 18.9 Å². The summed E-state index contributed by atoms with van der Waals surface area (Å²) in [5.41, 5.74) is 0.234. The summed E-state index contributed by atoms with van der Waals surface area (Å²) in [4.78, 5) is 25.8. The molecule has 0 aromatic heterocycles. The number of aliphatic hydroxyl groups is 11. The molecule has 69 heavy (non-hydrogen) atoms. The van der Waals surface area contributed by atoms with Crippen LogP contribution in [0.1, 0.15) is 92.9 Å². The molecular weight excluding hydrogens is 913 g/mol. The maximum Gasteiger partial charge on any atom is 0.334 e. The molecule has 392 valence electrons. The van der Waals surface area contributed by atoms with E-state index in [1.807, 2.05) is 13.8 Å². The Balaban J connectivity index is 1.08. The Hall–Kier alpha value is -2.26. The first-order valence-corrected chi connectivity index (χ1v) is 24.5. The number of rotatable bonds is 12. The first kappa shape index (κ1) is 53.0. The molecule has 11 N–H and O–H groups in total. The van der Waals surface area contributed by atoms with Crippen molar-refractivity contribution in [3.8, 4) is 0 Å². The molecule has 0 bridgehead atoms. The van der Waals surface area contributed by atoms with Crippen molar-refractivity contribution < 1.29 is 104 Å². The van der Waals surface area contributed by atoms with E-state index in [1.54, 1.807) is 6.92 Å². The zero-order chi connectivity index (χ0) is 50.2. The maximum absolute atomic E-state index is 13.0. The van der Waals surface area contributed by atoms with Gasteiger partial charge >= 0.3 is 11.9 Å². The van der Waals surface area contributed by atoms with Crippen LogP contribution in [0.2, 0.25) is 0 Å². The van der Waals surface area contributed by atoms with Crippen LogP contribution < -0.4 is 0 Å². The predicted octanol–water partition coefficient (Wildman–Crippen LogP) is -1.66. The summed E-state index contributed by atoms with van der Waals surface area (Å²) < 4.78 is 48.5. The summed E-state index contributed by atoms with van der Waals surface area (Å²) >= 11 is 0. The van der Waals surface area contributed by atoms with Crippen molar-refractivity contribution in [3.05, 3.63) is 22.8 Å². The highest BCUT2D eigenvalue weighted by Gasteiger charge is 2.65. The summed E-state index contributed by atoms with van der Waals surface area (Å²) in [6, 6.07) is 0. The van der Waals surface area contributed by atoms with Gasteiger partial charge in [-0.25, -0.2) is 4.79 Å². The average molecular weight is 987 g/mol. The fraction of sp³-hybridized carbons (Fsp3) is 0.875. The van der Waals surface area contributed by atoms with Crippen molar-refractivity contribution in [1.29, 1.82) is 0 Å². The number of carbonyl (C=O) groups is 2. The van der Waals surface area contributed by atoms with Gasteiger partial charge in [-0.05, 0) is 88.4 Å². The lowest BCUT2D eigenvalue weighted by molar-refractivity contribution is -0.396. The number of cyclic esters (lactones) is 1. The fourth-order valence-corrected chi connectivity index (χ4v) is 13.8. The zero-order valence-corrected chi connectivity index (χ0v) is 40.1. The van der Waals surface area contributed by atoms with Crippen molar-refractivity contribution >= 4 is 11.9 Å². The van der Waals surface area contributed by atoms with Crippen LogP contribution in [0, 0.1) is 34.5 Å². The average Bonchev–Trinajstić information content (AvgIpc) is 3.68. The van der Waals surface area contributed by atoms with Crippen LogP contribution in [0.5, 0.6) is 0 Å². The second-order valence-corrected chi connectivity index (χ2v) is 21.6. The van der Waals surface area contributed by atoms with Crippen molar-refractivity contribution in [3.63, 3.8) is 0 Å². The Bertz CT molecular complexity index is 1920. The van der Waals surface area contributed by atoms with Crippen molar-refractivity contribution in [2.45, 2.75) is 209 Å². The van der Waals surface area contributed by atoms with E-state index in [2.05, 4.69) is 19.9 Å². The van der Waals surface area contributed by atoms with Crippen molar-refractivity contribution in [1.82, 2.24) is 0 Å². The molecule has 0 aromatic carbocycles. The van der Waals surface area contributed by atoms with E-state index in [0.29, 0.717) is 24.8 Å². The number of carbonyl (C=O) groups excluding carboxylic acids is 2. The normalized spacial score (nSPS) is 50.0. The Morgan fingerprint density at radius 2 is 1.30 bits per heavy atom. The number of ether oxygens (including phenoxy) is 8. The standard InChI is InChI=1S/C48H74O21/c1-19-13-32(67-42(60)20(19)2)48(6,61)30-10-9-25-24-8-7-22-14-23(15-31(62-21(3)52)47(22,5)26(24)11-12-46(25,30)4)63-45-41(69-44-39(59)37(57)34(54)28(17-50)65-44)40(35(55)29(18-51)66-45)68-43-38(58)36(56)33(53)27(16-49)64-43/h7,23-41,43-45,49-51,53-59,61H,8-18H2,1-6H3/t23-,24+,25+,26+,27-,28-,29-,30+,31+,32-,33-,34-,35-,36+,37+,38-,39-,40+,41-,43+,44+,45-,46+,47+,48-/m1/s1. The number of hydrogen-bond donors (Lipinski definition) is 11. The zero-order valence-electron chi connectivity index (χ0n) is 40.1. The van der Waals surface area contributed by atoms with Gasteiger partial charge in [0.1, 0.15) is 91.1 Å². The van der Waals surface area contributed by atoms with E-state index >= 15 is 0 Å². The number of hydrogen-bond acceptors (Lipinski definition) is 21. The van der Waals surface area contributed by atoms with Crippen LogP contribution in [0.3, 0.4) is 0 Å². The Morgan fingerprint density at radius 3 is 1.87 bits per heavy atom. The molecule has 4 aliphatic heterocycles. The van der Waals surface area contributed by atoms with E-state index in [4.69, 9.17) is 37.9 Å². The largest absolute Gasteiger partial charge is 0.462 e. The van der Waals surface area contributed by atoms with Gasteiger partial charge in [0.05, 0.1) is 25.9 Å². The summed E-state index contributed by atoms with van der Waals surface area (Å²) in [5.74, 6) is -0.641. The van der Waals surface area contributed by atoms with Gasteiger partial charge in [0, 0.05) is 30.8 Å². The van der Waals surface area contributed by atoms with Gasteiger partial charge in [-0.2, -0.15) is 0 Å². The molecule has 0 aromatic rings. The molecular formula is C48H74O21. The second kappa shape index (κ2) is 20.2. The molecule has 21 nitrogen and oxygen atoms in total. The Morgan fingerprint density at radius 1 is 0.739 bits per heavy atom. The minimum absolute atomic E-state index is 0.0587. The van der Waals surface area contributed by atoms with E-state index in [-0.39, 0.29) is 35.5 Å². The quantitative estimate of drug-likeness (QED) is 0.0770. The number of esters is 2. The fourth-order valence-electron chi connectivity index (χ4n) is 13.8. The lowest BCUT2D eigenvalue weighted by atomic mass is 9.46. The van der Waals surface area contributed by atoms with Gasteiger partial charge in [-0.15, -0.1) is 0 Å². The minimum atomic E-state index is -1.96. The molecule has 8 rings (SSSR count). The van der Waals surface area contributed by atoms with Crippen LogP contribution in [0.15, 0.2) is 22.8 Å². The molecule has 4 heterocycles. The van der Waals surface area contributed by atoms with E-state index < -0.39 is 153 Å². The first-order chi connectivity index (χ1) is 32.5. The SMILES string of the molecule is CC(=O)O[C@H]1C[C@H](O[C@@H]2O[C@H](CO)[C@@H](O)[C@H](O[C@@H]3O[C@H](CO)[C@@H](O)[C@H](O)[C@H]3O)[C@H]2O[C@@H]2O[C@H](CO)[C@@H](O)[C@H](O)[C@H]2O)CC2=CC[C@H]3[C@@H]4CC[C@H]([C@@](C)(O)[C@H]5CC(C)=C(C)C(=O)O5)[C@@]4(C)CC[C@@H]3[C@]21C. The lowest BCUT2D eigenvalue weighted by Crippen LogP contribution is -2.67. The van der Waals surface area contributed by atoms with Crippen LogP contribution in [0.4, 0.5) is 0 Å². The Labute approximate surface area is 400 Å². The van der Waals surface area contributed by atoms with Crippen LogP contribution in [0.25, 0.3) is 0 Å². The number of fused-ring (bicyclic) bond motifs is 5. The van der Waals surface area contributed by atoms with Crippen LogP contribution >= 0.6 is 0 Å². The molecule has 3 saturated heterocycles. The summed E-state index contributed by atoms with van der Waals surface area (Å²) in [5, 5.41) is 119. The monoisotopic (exact) mass is 986 g/mol. The van der Waals surface area contributed by atoms with Crippen molar-refractivity contribution in [2.75, 3.05) is 19.8 Å². The third-order valence-electron chi connectivity index (χ3n) is 17.9. The molecule has 3 saturated carbocycles. The Kier molecular flexibility index (Phi) is 15.5. The second-order valence-electron chi connectivity index (χ2n) is 21.6. The van der Waals surface area contributed by atoms with E-state index in [0.717, 1.165) is 36.8 Å². The lowest BCUT2D eigenvalue weighted by Gasteiger charge is -2.60. The molecule has 0 unspecified atom stereocenters. The molecule has 6 fully saturated rings. The molecule has 21 heteroatoms. The first-order valence-electron chi connectivity index (χ1n) is 24.5. The highest BCUT2D eigenvalue weighted by molar-refractivity contribution is 5.89. The molecule has 8 aliphatic rings. The third kappa shape index (κ3) is 9.27. The van der Waals surface area contributed by atoms with Gasteiger partial charge in [0.2, 0.25) is 0 Å². The van der Waals surface area contributed by atoms with Crippen LogP contribution in [-0.2, 0) is 47.5 Å². The molecule has 0 spiro atoms. The molecule has 0 radical (unpaired) electrons. The highest BCUT2D eigenvalue weighted by atomic mass is 16.8. The van der Waals surface area contributed by atoms with E-state index in [9.17, 15) is 65.8 Å². The molecule has 4 aliphatic carbocycles. The molecule has 25 atom stereocenters. The summed E-state index contributed by atoms with van der Waals surface area (Å²) in [6.07, 6.45) is -21.5.